The van der Waals surface area contributed by atoms with Gasteiger partial charge in [0.25, 0.3) is 0 Å². The molecule has 0 radical (unpaired) electrons. The molecule has 1 aliphatic carbocycles. The average molecular weight is 254 g/mol. The lowest BCUT2D eigenvalue weighted by molar-refractivity contribution is 0.237. The second kappa shape index (κ2) is 3.54. The van der Waals surface area contributed by atoms with Gasteiger partial charge in [0.15, 0.2) is 0 Å². The minimum absolute atomic E-state index is 0.819. The van der Waals surface area contributed by atoms with Gasteiger partial charge in [-0.05, 0) is 24.5 Å². The van der Waals surface area contributed by atoms with Gasteiger partial charge >= 0.3 is 0 Å². The summed E-state index contributed by atoms with van der Waals surface area (Å²) in [7, 11) is 0. The van der Waals surface area contributed by atoms with Crippen LogP contribution in [0.4, 0.5) is 0 Å². The summed E-state index contributed by atoms with van der Waals surface area (Å²) >= 11 is 0. The second-order valence-electron chi connectivity index (χ2n) is 6.03. The van der Waals surface area contributed by atoms with Crippen LogP contribution in [0.15, 0.2) is 18.2 Å². The van der Waals surface area contributed by atoms with E-state index in [9.17, 15) is 0 Å². The van der Waals surface area contributed by atoms with Crippen molar-refractivity contribution in [2.24, 2.45) is 0 Å². The van der Waals surface area contributed by atoms with Gasteiger partial charge in [0.2, 0.25) is 0 Å². The molecule has 3 heteroatoms. The van der Waals surface area contributed by atoms with Gasteiger partial charge in [0.05, 0.1) is 12.1 Å². The monoisotopic (exact) mass is 254 g/mol. The zero-order valence-electron chi connectivity index (χ0n) is 11.1. The summed E-state index contributed by atoms with van der Waals surface area (Å²) in [5.41, 5.74) is 4.49. The number of benzene rings is 1. The molecular formula is C16H18N2O. The number of ether oxygens (including phenoxy) is 1. The molecule has 3 aliphatic rings. The van der Waals surface area contributed by atoms with Gasteiger partial charge in [0.1, 0.15) is 12.4 Å². The lowest BCUT2D eigenvalue weighted by atomic mass is 10.0. The lowest BCUT2D eigenvalue weighted by Crippen LogP contribution is -2.33. The van der Waals surface area contributed by atoms with Crippen LogP contribution in [-0.2, 0) is 19.5 Å². The average Bonchev–Trinajstić information content (AvgIpc) is 3.26. The predicted octanol–water partition coefficient (Wildman–Crippen LogP) is 2.55. The van der Waals surface area contributed by atoms with Gasteiger partial charge in [-0.25, -0.2) is 0 Å². The predicted molar refractivity (Wildman–Crippen MR) is 74.6 cm³/mol. The van der Waals surface area contributed by atoms with E-state index < -0.39 is 0 Å². The van der Waals surface area contributed by atoms with Crippen molar-refractivity contribution in [3.8, 4) is 5.75 Å². The van der Waals surface area contributed by atoms with Crippen LogP contribution >= 0.6 is 0 Å². The number of aromatic nitrogens is 1. The van der Waals surface area contributed by atoms with Crippen LogP contribution in [-0.4, -0.2) is 28.7 Å². The highest BCUT2D eigenvalue weighted by Gasteiger charge is 2.34. The van der Waals surface area contributed by atoms with Crippen molar-refractivity contribution in [3.63, 3.8) is 0 Å². The molecule has 0 N–H and O–H groups in total. The van der Waals surface area contributed by atoms with Crippen molar-refractivity contribution in [2.45, 2.75) is 38.4 Å². The van der Waals surface area contributed by atoms with Crippen molar-refractivity contribution >= 4 is 10.9 Å². The first-order chi connectivity index (χ1) is 9.42. The Labute approximate surface area is 112 Å². The summed E-state index contributed by atoms with van der Waals surface area (Å²) < 4.78 is 8.35. The highest BCUT2D eigenvalue weighted by Crippen LogP contribution is 2.40. The maximum Gasteiger partial charge on any atom is 0.143 e. The minimum atomic E-state index is 0.819. The van der Waals surface area contributed by atoms with Crippen molar-refractivity contribution in [1.82, 2.24) is 9.47 Å². The van der Waals surface area contributed by atoms with Crippen molar-refractivity contribution < 1.29 is 4.74 Å². The largest absolute Gasteiger partial charge is 0.490 e. The summed E-state index contributed by atoms with van der Waals surface area (Å²) in [6.45, 7) is 4.23. The van der Waals surface area contributed by atoms with Crippen LogP contribution < -0.4 is 4.74 Å². The fourth-order valence-corrected chi connectivity index (χ4v) is 3.85. The van der Waals surface area contributed by atoms with E-state index in [2.05, 4.69) is 27.7 Å². The van der Waals surface area contributed by atoms with E-state index in [1.807, 2.05) is 0 Å². The summed E-state index contributed by atoms with van der Waals surface area (Å²) in [5, 5.41) is 1.43. The molecule has 0 atom stereocenters. The summed E-state index contributed by atoms with van der Waals surface area (Å²) in [6, 6.07) is 7.40. The Balaban J connectivity index is 1.74. The SMILES string of the molecule is c1cc2c3c(c1)c1c(n3CCO2)CCN(C2CC2)C1. The van der Waals surface area contributed by atoms with Gasteiger partial charge in [-0.15, -0.1) is 0 Å². The van der Waals surface area contributed by atoms with Crippen LogP contribution in [0, 0.1) is 0 Å². The third-order valence-corrected chi connectivity index (χ3v) is 4.90. The van der Waals surface area contributed by atoms with Crippen molar-refractivity contribution in [1.29, 1.82) is 0 Å². The Morgan fingerprint density at radius 3 is 3.00 bits per heavy atom. The molecule has 0 saturated heterocycles. The maximum atomic E-state index is 5.83. The number of hydrogen-bond acceptors (Lipinski definition) is 2. The quantitative estimate of drug-likeness (QED) is 0.778. The molecule has 0 spiro atoms. The summed E-state index contributed by atoms with van der Waals surface area (Å²) in [5.74, 6) is 1.08. The highest BCUT2D eigenvalue weighted by molar-refractivity contribution is 5.91. The zero-order chi connectivity index (χ0) is 12.4. The van der Waals surface area contributed by atoms with Crippen LogP contribution in [0.3, 0.4) is 0 Å². The third-order valence-electron chi connectivity index (χ3n) is 4.90. The van der Waals surface area contributed by atoms with E-state index in [0.717, 1.165) is 31.5 Å². The molecule has 2 aliphatic heterocycles. The molecule has 98 valence electrons. The Bertz CT molecular complexity index is 669. The molecule has 3 nitrogen and oxygen atoms in total. The molecule has 0 unspecified atom stereocenters. The first-order valence-electron chi connectivity index (χ1n) is 7.41. The Morgan fingerprint density at radius 2 is 2.11 bits per heavy atom. The van der Waals surface area contributed by atoms with E-state index in [1.54, 1.807) is 11.3 Å². The highest BCUT2D eigenvalue weighted by atomic mass is 16.5. The van der Waals surface area contributed by atoms with E-state index >= 15 is 0 Å². The Kier molecular flexibility index (Phi) is 1.92. The first-order valence-corrected chi connectivity index (χ1v) is 7.41. The molecule has 19 heavy (non-hydrogen) atoms. The van der Waals surface area contributed by atoms with Gasteiger partial charge < -0.3 is 9.30 Å². The van der Waals surface area contributed by atoms with E-state index in [4.69, 9.17) is 4.74 Å². The molecule has 0 amide bonds. The second-order valence-corrected chi connectivity index (χ2v) is 6.03. The van der Waals surface area contributed by atoms with Gasteiger partial charge in [-0.2, -0.15) is 0 Å². The van der Waals surface area contributed by atoms with Gasteiger partial charge in [-0.3, -0.25) is 4.90 Å². The topological polar surface area (TPSA) is 17.4 Å². The molecular weight excluding hydrogens is 236 g/mol. The van der Waals surface area contributed by atoms with Crippen LogP contribution in [0.25, 0.3) is 10.9 Å². The molecule has 5 rings (SSSR count). The molecule has 1 aromatic carbocycles. The smallest absolute Gasteiger partial charge is 0.143 e. The number of hydrogen-bond donors (Lipinski definition) is 0. The zero-order valence-corrected chi connectivity index (χ0v) is 11.1. The van der Waals surface area contributed by atoms with Crippen LogP contribution in [0.5, 0.6) is 5.75 Å². The van der Waals surface area contributed by atoms with Crippen molar-refractivity contribution in [2.75, 3.05) is 13.2 Å². The maximum absolute atomic E-state index is 5.83. The fourth-order valence-electron chi connectivity index (χ4n) is 3.85. The van der Waals surface area contributed by atoms with Gasteiger partial charge in [-0.1, -0.05) is 12.1 Å². The van der Waals surface area contributed by atoms with Crippen LogP contribution in [0.2, 0.25) is 0 Å². The number of rotatable bonds is 1. The molecule has 2 aromatic rings. The Hall–Kier alpha value is -1.48. The van der Waals surface area contributed by atoms with Crippen LogP contribution in [0.1, 0.15) is 24.1 Å². The van der Waals surface area contributed by atoms with Crippen molar-refractivity contribution in [3.05, 3.63) is 29.5 Å². The molecule has 1 saturated carbocycles. The molecule has 0 bridgehead atoms. The Morgan fingerprint density at radius 1 is 1.16 bits per heavy atom. The van der Waals surface area contributed by atoms with E-state index in [1.165, 1.54) is 36.7 Å². The van der Waals surface area contributed by atoms with E-state index in [-0.39, 0.29) is 0 Å². The summed E-state index contributed by atoms with van der Waals surface area (Å²) in [6.07, 6.45) is 4.02. The summed E-state index contributed by atoms with van der Waals surface area (Å²) in [4.78, 5) is 2.68. The standard InChI is InChI=1S/C16H18N2O/c1-2-12-13-10-17(11-4-5-11)7-6-14(13)18-8-9-19-15(3-1)16(12)18/h1-3,11H,4-10H2. The number of fused-ring (bicyclic) bond motifs is 3. The normalized spacial score (nSPS) is 22.3. The molecule has 1 aromatic heterocycles. The fraction of sp³-hybridized carbons (Fsp3) is 0.500. The molecule has 3 heterocycles. The minimum Gasteiger partial charge on any atom is -0.490 e. The number of para-hydroxylation sites is 1. The lowest BCUT2D eigenvalue weighted by Gasteiger charge is -2.28. The van der Waals surface area contributed by atoms with Gasteiger partial charge in [0, 0.05) is 36.6 Å². The first kappa shape index (κ1) is 10.3. The molecule has 1 fully saturated rings. The van der Waals surface area contributed by atoms with E-state index in [0.29, 0.717) is 0 Å². The number of nitrogens with zero attached hydrogens (tertiary/aromatic N) is 2. The third kappa shape index (κ3) is 1.36.